The molecule has 3 aromatic rings. The molecule has 0 bridgehead atoms. The molecule has 0 radical (unpaired) electrons. The van der Waals surface area contributed by atoms with Crippen molar-refractivity contribution in [3.05, 3.63) is 83.9 Å². The van der Waals surface area contributed by atoms with E-state index in [1.807, 2.05) is 0 Å². The zero-order valence-electron chi connectivity index (χ0n) is 13.9. The van der Waals surface area contributed by atoms with Gasteiger partial charge in [0.1, 0.15) is 0 Å². The van der Waals surface area contributed by atoms with E-state index in [0.29, 0.717) is 13.1 Å². The molecule has 0 unspecified atom stereocenters. The number of benzene rings is 3. The zero-order valence-corrected chi connectivity index (χ0v) is 13.9. The molecular weight excluding hydrogens is 292 g/mol. The second-order valence-corrected chi connectivity index (χ2v) is 6.05. The van der Waals surface area contributed by atoms with Gasteiger partial charge in [-0.3, -0.25) is 0 Å². The van der Waals surface area contributed by atoms with E-state index >= 15 is 0 Å². The third-order valence-corrected chi connectivity index (χ3v) is 4.33. The van der Waals surface area contributed by atoms with Gasteiger partial charge >= 0.3 is 0 Å². The molecule has 24 heavy (non-hydrogen) atoms. The Kier molecular flexibility index (Phi) is 5.42. The first-order valence-corrected chi connectivity index (χ1v) is 8.49. The van der Waals surface area contributed by atoms with Gasteiger partial charge in [0.25, 0.3) is 0 Å². The van der Waals surface area contributed by atoms with Gasteiger partial charge in [-0.2, -0.15) is 0 Å². The summed E-state index contributed by atoms with van der Waals surface area (Å²) in [6.45, 7) is 1.39. The molecule has 0 spiro atoms. The molecule has 0 aliphatic carbocycles. The summed E-state index contributed by atoms with van der Waals surface area (Å²) in [5, 5.41) is 0. The highest BCUT2D eigenvalue weighted by molar-refractivity contribution is 5.70. The second-order valence-electron chi connectivity index (χ2n) is 6.05. The fraction of sp³-hybridized carbons (Fsp3) is 0.182. The van der Waals surface area contributed by atoms with Crippen LogP contribution in [0.1, 0.15) is 11.1 Å². The summed E-state index contributed by atoms with van der Waals surface area (Å²) in [6, 6.07) is 26.0. The molecule has 0 fully saturated rings. The van der Waals surface area contributed by atoms with Crippen molar-refractivity contribution in [1.29, 1.82) is 0 Å². The molecule has 3 aromatic carbocycles. The molecule has 0 saturated carbocycles. The minimum absolute atomic E-state index is 0.693. The Balaban J connectivity index is 1.77. The van der Waals surface area contributed by atoms with Crippen LogP contribution in [-0.2, 0) is 12.8 Å². The third kappa shape index (κ3) is 3.91. The van der Waals surface area contributed by atoms with Crippen LogP contribution in [0.25, 0.3) is 22.3 Å². The van der Waals surface area contributed by atoms with Gasteiger partial charge in [-0.25, -0.2) is 0 Å². The predicted molar refractivity (Wildman–Crippen MR) is 103 cm³/mol. The quantitative estimate of drug-likeness (QED) is 0.721. The summed E-state index contributed by atoms with van der Waals surface area (Å²) in [4.78, 5) is 0. The average molecular weight is 316 g/mol. The second kappa shape index (κ2) is 7.91. The van der Waals surface area contributed by atoms with Crippen LogP contribution in [0.5, 0.6) is 0 Å². The van der Waals surface area contributed by atoms with Gasteiger partial charge < -0.3 is 11.5 Å². The summed E-state index contributed by atoms with van der Waals surface area (Å²) >= 11 is 0. The predicted octanol–water partition coefficient (Wildman–Crippen LogP) is 4.02. The summed E-state index contributed by atoms with van der Waals surface area (Å²) < 4.78 is 0. The summed E-state index contributed by atoms with van der Waals surface area (Å²) in [5.74, 6) is 0. The number of nitrogens with two attached hydrogens (primary N) is 2. The largest absolute Gasteiger partial charge is 0.330 e. The first-order chi connectivity index (χ1) is 11.8. The molecule has 0 aliphatic rings. The van der Waals surface area contributed by atoms with Gasteiger partial charge in [0.15, 0.2) is 0 Å². The van der Waals surface area contributed by atoms with Crippen LogP contribution in [0.15, 0.2) is 72.8 Å². The standard InChI is InChI=1S/C22H24N2/c23-15-13-17-1-5-19(6-2-17)21-9-11-22(12-10-21)20-7-3-18(4-8-20)14-16-24/h1-12H,13-16,23-24H2. The van der Waals surface area contributed by atoms with Crippen LogP contribution in [0.3, 0.4) is 0 Å². The fourth-order valence-electron chi connectivity index (χ4n) is 2.92. The Bertz CT molecular complexity index is 688. The molecule has 2 nitrogen and oxygen atoms in total. The lowest BCUT2D eigenvalue weighted by Gasteiger charge is -2.07. The molecule has 0 aliphatic heterocycles. The van der Waals surface area contributed by atoms with Crippen molar-refractivity contribution in [2.24, 2.45) is 11.5 Å². The first kappa shape index (κ1) is 16.4. The van der Waals surface area contributed by atoms with Crippen molar-refractivity contribution in [2.75, 3.05) is 13.1 Å². The normalized spacial score (nSPS) is 10.8. The molecule has 122 valence electrons. The van der Waals surface area contributed by atoms with Gasteiger partial charge in [-0.15, -0.1) is 0 Å². The van der Waals surface area contributed by atoms with Crippen LogP contribution in [-0.4, -0.2) is 13.1 Å². The Morgan fingerprint density at radius 2 is 0.667 bits per heavy atom. The monoisotopic (exact) mass is 316 g/mol. The molecule has 2 heteroatoms. The lowest BCUT2D eigenvalue weighted by Crippen LogP contribution is -2.02. The van der Waals surface area contributed by atoms with E-state index in [2.05, 4.69) is 72.8 Å². The lowest BCUT2D eigenvalue weighted by molar-refractivity contribution is 0.969. The minimum atomic E-state index is 0.693. The lowest BCUT2D eigenvalue weighted by atomic mass is 9.98. The Labute approximate surface area is 144 Å². The smallest absolute Gasteiger partial charge is 0.00367 e. The maximum Gasteiger partial charge on any atom is -0.00367 e. The Hall–Kier alpha value is -2.42. The van der Waals surface area contributed by atoms with Crippen molar-refractivity contribution < 1.29 is 0 Å². The van der Waals surface area contributed by atoms with Crippen LogP contribution in [0.2, 0.25) is 0 Å². The SMILES string of the molecule is NCCc1ccc(-c2ccc(-c3ccc(CCN)cc3)cc2)cc1. The Morgan fingerprint density at radius 1 is 0.417 bits per heavy atom. The van der Waals surface area contributed by atoms with Gasteiger partial charge in [0.2, 0.25) is 0 Å². The fourth-order valence-corrected chi connectivity index (χ4v) is 2.92. The van der Waals surface area contributed by atoms with E-state index in [9.17, 15) is 0 Å². The van der Waals surface area contributed by atoms with Gasteiger partial charge in [-0.1, -0.05) is 72.8 Å². The molecule has 4 N–H and O–H groups in total. The van der Waals surface area contributed by atoms with Crippen LogP contribution in [0.4, 0.5) is 0 Å². The maximum atomic E-state index is 5.60. The van der Waals surface area contributed by atoms with E-state index in [1.54, 1.807) is 0 Å². The molecule has 0 atom stereocenters. The molecule has 0 heterocycles. The van der Waals surface area contributed by atoms with Crippen molar-refractivity contribution >= 4 is 0 Å². The van der Waals surface area contributed by atoms with E-state index in [4.69, 9.17) is 11.5 Å². The summed E-state index contributed by atoms with van der Waals surface area (Å²) in [7, 11) is 0. The van der Waals surface area contributed by atoms with Crippen LogP contribution in [0, 0.1) is 0 Å². The maximum absolute atomic E-state index is 5.60. The molecule has 0 aromatic heterocycles. The third-order valence-electron chi connectivity index (χ3n) is 4.33. The number of hydrogen-bond donors (Lipinski definition) is 2. The van der Waals surface area contributed by atoms with Crippen LogP contribution >= 0.6 is 0 Å². The Morgan fingerprint density at radius 3 is 0.917 bits per heavy atom. The summed E-state index contributed by atoms with van der Waals surface area (Å²) in [6.07, 6.45) is 1.86. The van der Waals surface area contributed by atoms with E-state index in [0.717, 1.165) is 12.8 Å². The molecule has 0 saturated heterocycles. The highest BCUT2D eigenvalue weighted by Crippen LogP contribution is 2.25. The molecular formula is C22H24N2. The zero-order chi connectivity index (χ0) is 16.8. The first-order valence-electron chi connectivity index (χ1n) is 8.49. The van der Waals surface area contributed by atoms with Crippen LogP contribution < -0.4 is 11.5 Å². The average Bonchev–Trinajstić information content (AvgIpc) is 2.64. The molecule has 0 amide bonds. The highest BCUT2D eigenvalue weighted by Gasteiger charge is 2.01. The summed E-state index contributed by atoms with van der Waals surface area (Å²) in [5.41, 5.74) is 18.7. The van der Waals surface area contributed by atoms with E-state index in [1.165, 1.54) is 33.4 Å². The minimum Gasteiger partial charge on any atom is -0.330 e. The van der Waals surface area contributed by atoms with E-state index in [-0.39, 0.29) is 0 Å². The number of hydrogen-bond acceptors (Lipinski definition) is 2. The van der Waals surface area contributed by atoms with Crippen molar-refractivity contribution in [1.82, 2.24) is 0 Å². The number of rotatable bonds is 6. The van der Waals surface area contributed by atoms with Gasteiger partial charge in [-0.05, 0) is 59.3 Å². The highest BCUT2D eigenvalue weighted by atomic mass is 14.5. The van der Waals surface area contributed by atoms with Crippen molar-refractivity contribution in [3.63, 3.8) is 0 Å². The molecule has 3 rings (SSSR count). The van der Waals surface area contributed by atoms with Crippen molar-refractivity contribution in [2.45, 2.75) is 12.8 Å². The van der Waals surface area contributed by atoms with Gasteiger partial charge in [0.05, 0.1) is 0 Å². The van der Waals surface area contributed by atoms with Crippen molar-refractivity contribution in [3.8, 4) is 22.3 Å². The van der Waals surface area contributed by atoms with E-state index < -0.39 is 0 Å². The topological polar surface area (TPSA) is 52.0 Å². The van der Waals surface area contributed by atoms with Gasteiger partial charge in [0, 0.05) is 0 Å².